The van der Waals surface area contributed by atoms with Gasteiger partial charge < -0.3 is 21.4 Å². The van der Waals surface area contributed by atoms with Crippen LogP contribution in [0.25, 0.3) is 22.2 Å². The average Bonchev–Trinajstić information content (AvgIpc) is 3.29. The van der Waals surface area contributed by atoms with Gasteiger partial charge in [-0.1, -0.05) is 25.1 Å². The zero-order valence-corrected chi connectivity index (χ0v) is 19.2. The molecule has 174 valence electrons. The van der Waals surface area contributed by atoms with Crippen LogP contribution in [0, 0.1) is 0 Å². The van der Waals surface area contributed by atoms with Gasteiger partial charge in [0, 0.05) is 40.9 Å². The van der Waals surface area contributed by atoms with Crippen LogP contribution in [0.5, 0.6) is 0 Å². The summed E-state index contributed by atoms with van der Waals surface area (Å²) in [5, 5.41) is 7.78. The molecule has 1 aliphatic carbocycles. The van der Waals surface area contributed by atoms with Gasteiger partial charge in [-0.05, 0) is 55.9 Å². The molecule has 5 rings (SSSR count). The quantitative estimate of drug-likeness (QED) is 0.344. The third-order valence-corrected chi connectivity index (χ3v) is 6.45. The van der Waals surface area contributed by atoms with Crippen molar-refractivity contribution in [3.63, 3.8) is 0 Å². The molecule has 1 aliphatic rings. The van der Waals surface area contributed by atoms with Crippen LogP contribution in [-0.2, 0) is 6.42 Å². The number of para-hydroxylation sites is 1. The van der Waals surface area contributed by atoms with Gasteiger partial charge in [-0.15, -0.1) is 0 Å². The molecule has 0 radical (unpaired) electrons. The van der Waals surface area contributed by atoms with Crippen molar-refractivity contribution in [3.05, 3.63) is 66.2 Å². The Morgan fingerprint density at radius 1 is 1.12 bits per heavy atom. The number of nitrogens with zero attached hydrogens (tertiary/aromatic N) is 3. The lowest BCUT2D eigenvalue weighted by Crippen LogP contribution is -2.42. The minimum Gasteiger partial charge on any atom is -0.397 e. The largest absolute Gasteiger partial charge is 0.397 e. The number of hydrogen-bond acceptors (Lipinski definition) is 6. The van der Waals surface area contributed by atoms with Crippen molar-refractivity contribution in [1.29, 1.82) is 0 Å². The Morgan fingerprint density at radius 2 is 1.97 bits per heavy atom. The smallest absolute Gasteiger partial charge is 0.270 e. The van der Waals surface area contributed by atoms with E-state index in [1.54, 1.807) is 12.1 Å². The lowest BCUT2D eigenvalue weighted by Gasteiger charge is -2.30. The molecule has 1 fully saturated rings. The van der Waals surface area contributed by atoms with Gasteiger partial charge in [0.2, 0.25) is 5.95 Å². The number of nitrogen functional groups attached to an aromatic ring is 1. The molecule has 0 saturated heterocycles. The highest BCUT2D eigenvalue weighted by atomic mass is 16.1. The molecule has 1 amide bonds. The lowest BCUT2D eigenvalue weighted by molar-refractivity contribution is 0.0921. The van der Waals surface area contributed by atoms with Crippen LogP contribution < -0.4 is 16.4 Å². The first-order valence-electron chi connectivity index (χ1n) is 11.8. The molecule has 1 aromatic carbocycles. The molecule has 1 saturated carbocycles. The number of pyridine rings is 1. The minimum absolute atomic E-state index is 0.0705. The van der Waals surface area contributed by atoms with E-state index in [9.17, 15) is 4.79 Å². The molecule has 34 heavy (non-hydrogen) atoms. The normalized spacial score (nSPS) is 18.0. The Kier molecular flexibility index (Phi) is 6.12. The summed E-state index contributed by atoms with van der Waals surface area (Å²) in [6, 6.07) is 11.8. The molecular weight excluding hydrogens is 426 g/mol. The van der Waals surface area contributed by atoms with E-state index in [-0.39, 0.29) is 18.0 Å². The molecule has 2 unspecified atom stereocenters. The number of aromatic nitrogens is 4. The van der Waals surface area contributed by atoms with Crippen molar-refractivity contribution in [2.24, 2.45) is 0 Å². The van der Waals surface area contributed by atoms with E-state index in [0.29, 0.717) is 17.3 Å². The molecule has 2 atom stereocenters. The van der Waals surface area contributed by atoms with Gasteiger partial charge >= 0.3 is 0 Å². The summed E-state index contributed by atoms with van der Waals surface area (Å²) in [4.78, 5) is 29.6. The Bertz CT molecular complexity index is 1300. The Labute approximate surface area is 198 Å². The standard InChI is InChI=1S/C26H29N7O/c1-2-16-13-30-26(33-24(16)21-15-29-22-9-4-3-8-20(21)22)32-19-7-5-6-18(12-19)31-25(34)23-11-10-17(27)14-28-23/h3-4,8-11,13-15,18-19,29H,2,5-7,12,27H2,1H3,(H,31,34)(H,30,32,33). The maximum Gasteiger partial charge on any atom is 0.270 e. The maximum atomic E-state index is 12.6. The summed E-state index contributed by atoms with van der Waals surface area (Å²) >= 11 is 0. The molecule has 8 nitrogen and oxygen atoms in total. The van der Waals surface area contributed by atoms with E-state index >= 15 is 0 Å². The fourth-order valence-corrected chi connectivity index (χ4v) is 4.67. The molecule has 4 aromatic rings. The second-order valence-corrected chi connectivity index (χ2v) is 8.82. The number of nitrogens with one attached hydrogen (secondary N) is 3. The van der Waals surface area contributed by atoms with Gasteiger partial charge in [0.05, 0.1) is 17.6 Å². The van der Waals surface area contributed by atoms with Crippen LogP contribution in [0.15, 0.2) is 55.0 Å². The molecule has 0 bridgehead atoms. The van der Waals surface area contributed by atoms with Gasteiger partial charge in [-0.3, -0.25) is 4.79 Å². The third kappa shape index (κ3) is 4.57. The van der Waals surface area contributed by atoms with Gasteiger partial charge in [-0.2, -0.15) is 0 Å². The first-order valence-corrected chi connectivity index (χ1v) is 11.8. The van der Waals surface area contributed by atoms with E-state index in [0.717, 1.165) is 59.8 Å². The minimum atomic E-state index is -0.171. The van der Waals surface area contributed by atoms with Gasteiger partial charge in [-0.25, -0.2) is 15.0 Å². The molecule has 5 N–H and O–H groups in total. The van der Waals surface area contributed by atoms with Crippen LogP contribution in [0.2, 0.25) is 0 Å². The number of fused-ring (bicyclic) bond motifs is 1. The van der Waals surface area contributed by atoms with Crippen LogP contribution in [0.4, 0.5) is 11.6 Å². The van der Waals surface area contributed by atoms with Crippen molar-refractivity contribution in [3.8, 4) is 11.3 Å². The Morgan fingerprint density at radius 3 is 2.79 bits per heavy atom. The Hall–Kier alpha value is -3.94. The van der Waals surface area contributed by atoms with Crippen LogP contribution in [0.3, 0.4) is 0 Å². The Balaban J connectivity index is 1.30. The van der Waals surface area contributed by atoms with Crippen molar-refractivity contribution < 1.29 is 4.79 Å². The second kappa shape index (κ2) is 9.51. The van der Waals surface area contributed by atoms with E-state index in [1.807, 2.05) is 24.5 Å². The predicted octanol–water partition coefficient (Wildman–Crippen LogP) is 4.32. The fraction of sp³-hybridized carbons (Fsp3) is 0.308. The van der Waals surface area contributed by atoms with Gasteiger partial charge in [0.25, 0.3) is 5.91 Å². The van der Waals surface area contributed by atoms with Crippen molar-refractivity contribution in [1.82, 2.24) is 25.3 Å². The summed E-state index contributed by atoms with van der Waals surface area (Å²) in [6.45, 7) is 2.12. The average molecular weight is 456 g/mol. The molecule has 3 heterocycles. The first-order chi connectivity index (χ1) is 16.6. The number of benzene rings is 1. The zero-order chi connectivity index (χ0) is 23.5. The number of carbonyl (C=O) groups excluding carboxylic acids is 1. The second-order valence-electron chi connectivity index (χ2n) is 8.82. The number of rotatable bonds is 6. The third-order valence-electron chi connectivity index (χ3n) is 6.45. The van der Waals surface area contributed by atoms with Crippen LogP contribution in [0.1, 0.15) is 48.7 Å². The number of amides is 1. The molecule has 0 spiro atoms. The predicted molar refractivity (Wildman–Crippen MR) is 134 cm³/mol. The number of H-pyrrole nitrogens is 1. The highest BCUT2D eigenvalue weighted by Gasteiger charge is 2.25. The highest BCUT2D eigenvalue weighted by Crippen LogP contribution is 2.31. The number of hydrogen-bond donors (Lipinski definition) is 4. The van der Waals surface area contributed by atoms with Crippen LogP contribution >= 0.6 is 0 Å². The summed E-state index contributed by atoms with van der Waals surface area (Å²) < 4.78 is 0. The van der Waals surface area contributed by atoms with E-state index < -0.39 is 0 Å². The number of aryl methyl sites for hydroxylation is 1. The summed E-state index contributed by atoms with van der Waals surface area (Å²) in [7, 11) is 0. The van der Waals surface area contributed by atoms with Crippen molar-refractivity contribution in [2.75, 3.05) is 11.1 Å². The van der Waals surface area contributed by atoms with Crippen LogP contribution in [-0.4, -0.2) is 37.9 Å². The molecule has 3 aromatic heterocycles. The van der Waals surface area contributed by atoms with Crippen molar-refractivity contribution >= 4 is 28.4 Å². The lowest BCUT2D eigenvalue weighted by atomic mass is 9.91. The maximum absolute atomic E-state index is 12.6. The monoisotopic (exact) mass is 455 g/mol. The molecule has 0 aliphatic heterocycles. The van der Waals surface area contributed by atoms with Gasteiger partial charge in [0.1, 0.15) is 5.69 Å². The summed E-state index contributed by atoms with van der Waals surface area (Å²) in [6.07, 6.45) is 10.1. The SMILES string of the molecule is CCc1cnc(NC2CCCC(NC(=O)c3ccc(N)cn3)C2)nc1-c1c[nH]c2ccccc12. The van der Waals surface area contributed by atoms with E-state index in [2.05, 4.69) is 44.6 Å². The fourth-order valence-electron chi connectivity index (χ4n) is 4.67. The number of carbonyl (C=O) groups is 1. The first kappa shape index (κ1) is 21.9. The van der Waals surface area contributed by atoms with Crippen molar-refractivity contribution in [2.45, 2.75) is 51.1 Å². The topological polar surface area (TPSA) is 122 Å². The zero-order valence-electron chi connectivity index (χ0n) is 19.2. The molecule has 8 heteroatoms. The van der Waals surface area contributed by atoms with Gasteiger partial charge in [0.15, 0.2) is 0 Å². The number of aromatic amines is 1. The highest BCUT2D eigenvalue weighted by molar-refractivity contribution is 5.95. The number of nitrogens with two attached hydrogens (primary N) is 1. The summed E-state index contributed by atoms with van der Waals surface area (Å²) in [5.74, 6) is 0.450. The number of anilines is 2. The summed E-state index contributed by atoms with van der Waals surface area (Å²) in [5.41, 5.74) is 10.8. The van der Waals surface area contributed by atoms with E-state index in [4.69, 9.17) is 10.7 Å². The molecular formula is C26H29N7O. The van der Waals surface area contributed by atoms with E-state index in [1.165, 1.54) is 6.20 Å².